The first kappa shape index (κ1) is 16.3. The molecule has 25 heavy (non-hydrogen) atoms. The molecule has 1 amide bonds. The molecule has 4 rings (SSSR count). The maximum absolute atomic E-state index is 12.6. The normalized spacial score (nSPS) is 26.2. The van der Waals surface area contributed by atoms with E-state index in [2.05, 4.69) is 22.1 Å². The molecule has 2 fully saturated rings. The fraction of sp³-hybridized carbons (Fsp3) is 0.474. The number of nitrogens with one attached hydrogen (secondary N) is 1. The number of hydrogen-bond donors (Lipinski definition) is 1. The number of imidazole rings is 1. The van der Waals surface area contributed by atoms with Gasteiger partial charge in [0.2, 0.25) is 0 Å². The molecular weight excluding hydrogens is 318 g/mol. The molecule has 1 N–H and O–H groups in total. The van der Waals surface area contributed by atoms with Gasteiger partial charge in [0.05, 0.1) is 31.3 Å². The first-order valence-corrected chi connectivity index (χ1v) is 8.84. The Morgan fingerprint density at radius 3 is 2.96 bits per heavy atom. The molecule has 1 aromatic heterocycles. The van der Waals surface area contributed by atoms with Gasteiger partial charge >= 0.3 is 0 Å². The smallest absolute Gasteiger partial charge is 0.272 e. The minimum Gasteiger partial charge on any atom is -0.372 e. The molecule has 1 aromatic carbocycles. The topological polar surface area (TPSA) is 67.5 Å². The Hall–Kier alpha value is -2.18. The van der Waals surface area contributed by atoms with Gasteiger partial charge in [-0.05, 0) is 24.8 Å². The third-order valence-corrected chi connectivity index (χ3v) is 5.22. The average Bonchev–Trinajstić information content (AvgIpc) is 3.34. The van der Waals surface area contributed by atoms with Crippen LogP contribution >= 0.6 is 0 Å². The lowest BCUT2D eigenvalue weighted by Gasteiger charge is -2.44. The molecule has 2 saturated heterocycles. The van der Waals surface area contributed by atoms with Gasteiger partial charge in [0.25, 0.3) is 5.91 Å². The Morgan fingerprint density at radius 1 is 1.36 bits per heavy atom. The van der Waals surface area contributed by atoms with Gasteiger partial charge in [-0.2, -0.15) is 0 Å². The van der Waals surface area contributed by atoms with E-state index in [1.807, 2.05) is 23.1 Å². The van der Waals surface area contributed by atoms with E-state index in [4.69, 9.17) is 9.47 Å². The van der Waals surface area contributed by atoms with Crippen molar-refractivity contribution in [2.75, 3.05) is 19.7 Å². The van der Waals surface area contributed by atoms with Gasteiger partial charge in [-0.15, -0.1) is 0 Å². The SMILES string of the molecule is O=C(c1cnc[nH]1)N1CC[C@@]2(CCCO2)[C@@H](OCc2ccccc2)C1. The zero-order chi connectivity index (χ0) is 17.1. The minimum absolute atomic E-state index is 0.0290. The van der Waals surface area contributed by atoms with Gasteiger partial charge in [-0.3, -0.25) is 4.79 Å². The second-order valence-electron chi connectivity index (χ2n) is 6.77. The molecule has 0 unspecified atom stereocenters. The maximum atomic E-state index is 12.6. The Labute approximate surface area is 147 Å². The van der Waals surface area contributed by atoms with Crippen LogP contribution in [-0.2, 0) is 16.1 Å². The minimum atomic E-state index is -0.250. The molecule has 6 heteroatoms. The highest BCUT2D eigenvalue weighted by atomic mass is 16.6. The van der Waals surface area contributed by atoms with Crippen molar-refractivity contribution in [2.24, 2.45) is 0 Å². The van der Waals surface area contributed by atoms with Crippen molar-refractivity contribution in [1.29, 1.82) is 0 Å². The number of likely N-dealkylation sites (tertiary alicyclic amines) is 1. The first-order chi connectivity index (χ1) is 12.3. The predicted molar refractivity (Wildman–Crippen MR) is 92.0 cm³/mol. The summed E-state index contributed by atoms with van der Waals surface area (Å²) in [4.78, 5) is 21.3. The van der Waals surface area contributed by atoms with E-state index >= 15 is 0 Å². The number of aromatic nitrogens is 2. The van der Waals surface area contributed by atoms with Crippen LogP contribution in [0.2, 0.25) is 0 Å². The predicted octanol–water partition coefficient (Wildman–Crippen LogP) is 2.39. The number of carbonyl (C=O) groups is 1. The van der Waals surface area contributed by atoms with Crippen LogP contribution in [0.1, 0.15) is 35.3 Å². The van der Waals surface area contributed by atoms with E-state index in [0.29, 0.717) is 25.4 Å². The Balaban J connectivity index is 1.48. The number of aromatic amines is 1. The molecule has 0 aliphatic carbocycles. The van der Waals surface area contributed by atoms with Crippen molar-refractivity contribution < 1.29 is 14.3 Å². The summed E-state index contributed by atoms with van der Waals surface area (Å²) in [6, 6.07) is 10.1. The Bertz CT molecular complexity index is 696. The summed E-state index contributed by atoms with van der Waals surface area (Å²) < 4.78 is 12.4. The molecule has 2 aliphatic heterocycles. The molecule has 0 bridgehead atoms. The fourth-order valence-electron chi connectivity index (χ4n) is 3.82. The molecular formula is C19H23N3O3. The van der Waals surface area contributed by atoms with Crippen LogP contribution in [0.4, 0.5) is 0 Å². The molecule has 0 radical (unpaired) electrons. The molecule has 2 atom stereocenters. The summed E-state index contributed by atoms with van der Waals surface area (Å²) in [5.41, 5.74) is 1.40. The summed E-state index contributed by atoms with van der Waals surface area (Å²) in [5.74, 6) is -0.0290. The summed E-state index contributed by atoms with van der Waals surface area (Å²) in [7, 11) is 0. The van der Waals surface area contributed by atoms with Crippen LogP contribution in [0.15, 0.2) is 42.9 Å². The van der Waals surface area contributed by atoms with E-state index in [1.165, 1.54) is 6.33 Å². The lowest BCUT2D eigenvalue weighted by Crippen LogP contribution is -2.57. The van der Waals surface area contributed by atoms with Crippen LogP contribution in [0, 0.1) is 0 Å². The van der Waals surface area contributed by atoms with Crippen molar-refractivity contribution in [3.05, 3.63) is 54.1 Å². The standard InChI is InChI=1S/C19H23N3O3/c23-18(16-11-20-14-21-16)22-9-8-19(7-4-10-25-19)17(12-22)24-13-15-5-2-1-3-6-15/h1-3,5-6,11,14,17H,4,7-10,12-13H2,(H,20,21)/t17-,19-/m0/s1. The van der Waals surface area contributed by atoms with Gasteiger partial charge in [0, 0.05) is 13.2 Å². The number of ether oxygens (including phenoxy) is 2. The van der Waals surface area contributed by atoms with Crippen molar-refractivity contribution in [3.8, 4) is 0 Å². The number of hydrogen-bond acceptors (Lipinski definition) is 4. The molecule has 2 aromatic rings. The number of benzene rings is 1. The first-order valence-electron chi connectivity index (χ1n) is 8.84. The second-order valence-corrected chi connectivity index (χ2v) is 6.77. The number of nitrogens with zero attached hydrogens (tertiary/aromatic N) is 2. The largest absolute Gasteiger partial charge is 0.372 e. The molecule has 132 valence electrons. The summed E-state index contributed by atoms with van der Waals surface area (Å²) >= 11 is 0. The number of amides is 1. The number of rotatable bonds is 4. The van der Waals surface area contributed by atoms with Gasteiger partial charge in [-0.1, -0.05) is 30.3 Å². The van der Waals surface area contributed by atoms with Crippen LogP contribution < -0.4 is 0 Å². The molecule has 3 heterocycles. The van der Waals surface area contributed by atoms with Crippen molar-refractivity contribution >= 4 is 5.91 Å². The zero-order valence-electron chi connectivity index (χ0n) is 14.2. The van der Waals surface area contributed by atoms with Gasteiger partial charge in [0.15, 0.2) is 0 Å². The number of H-pyrrole nitrogens is 1. The zero-order valence-corrected chi connectivity index (χ0v) is 14.2. The maximum Gasteiger partial charge on any atom is 0.272 e. The Morgan fingerprint density at radius 2 is 2.24 bits per heavy atom. The lowest BCUT2D eigenvalue weighted by molar-refractivity contribution is -0.153. The summed E-state index contributed by atoms with van der Waals surface area (Å²) in [6.45, 7) is 2.54. The van der Waals surface area contributed by atoms with Gasteiger partial charge in [0.1, 0.15) is 11.8 Å². The fourth-order valence-corrected chi connectivity index (χ4v) is 3.82. The highest BCUT2D eigenvalue weighted by Crippen LogP contribution is 2.38. The van der Waals surface area contributed by atoms with Crippen molar-refractivity contribution in [1.82, 2.24) is 14.9 Å². The highest BCUT2D eigenvalue weighted by Gasteiger charge is 2.48. The van der Waals surface area contributed by atoms with E-state index in [-0.39, 0.29) is 17.6 Å². The van der Waals surface area contributed by atoms with Crippen LogP contribution in [-0.4, -0.2) is 52.2 Å². The molecule has 2 aliphatic rings. The van der Waals surface area contributed by atoms with Gasteiger partial charge in [-0.25, -0.2) is 4.98 Å². The highest BCUT2D eigenvalue weighted by molar-refractivity contribution is 5.92. The third kappa shape index (κ3) is 3.32. The monoisotopic (exact) mass is 341 g/mol. The lowest BCUT2D eigenvalue weighted by atomic mass is 9.85. The quantitative estimate of drug-likeness (QED) is 0.927. The van der Waals surface area contributed by atoms with Crippen LogP contribution in [0.5, 0.6) is 0 Å². The van der Waals surface area contributed by atoms with Crippen molar-refractivity contribution in [2.45, 2.75) is 37.6 Å². The van der Waals surface area contributed by atoms with Crippen LogP contribution in [0.3, 0.4) is 0 Å². The number of carbonyl (C=O) groups excluding carboxylic acids is 1. The average molecular weight is 341 g/mol. The molecule has 1 spiro atoms. The van der Waals surface area contributed by atoms with Crippen molar-refractivity contribution in [3.63, 3.8) is 0 Å². The van der Waals surface area contributed by atoms with Crippen LogP contribution in [0.25, 0.3) is 0 Å². The van der Waals surface area contributed by atoms with Gasteiger partial charge < -0.3 is 19.4 Å². The third-order valence-electron chi connectivity index (χ3n) is 5.22. The number of piperidine rings is 1. The van der Waals surface area contributed by atoms with E-state index in [0.717, 1.165) is 31.4 Å². The Kier molecular flexibility index (Phi) is 4.55. The summed E-state index contributed by atoms with van der Waals surface area (Å²) in [6.07, 6.45) is 5.85. The van der Waals surface area contributed by atoms with E-state index in [1.54, 1.807) is 6.20 Å². The van der Waals surface area contributed by atoms with E-state index < -0.39 is 0 Å². The molecule has 6 nitrogen and oxygen atoms in total. The summed E-state index contributed by atoms with van der Waals surface area (Å²) in [5, 5.41) is 0. The van der Waals surface area contributed by atoms with E-state index in [9.17, 15) is 4.79 Å². The molecule has 0 saturated carbocycles. The second kappa shape index (κ2) is 6.98.